The van der Waals surface area contributed by atoms with Crippen molar-refractivity contribution in [2.24, 2.45) is 0 Å². The van der Waals surface area contributed by atoms with Crippen LogP contribution in [-0.4, -0.2) is 38.4 Å². The lowest BCUT2D eigenvalue weighted by Gasteiger charge is -2.10. The van der Waals surface area contributed by atoms with Crippen molar-refractivity contribution in [2.75, 3.05) is 5.32 Å². The van der Waals surface area contributed by atoms with Crippen LogP contribution < -0.4 is 5.32 Å². The smallest absolute Gasteiger partial charge is 0.303 e. The minimum atomic E-state index is -0.771. The number of aromatic nitrogens is 1. The SMILES string of the molecule is O.O.O.O=C(O)CCCC/C=C1/c2ccccc2NC(=O)c2ccncc21. The van der Waals surface area contributed by atoms with Gasteiger partial charge >= 0.3 is 5.97 Å². The van der Waals surface area contributed by atoms with Crippen molar-refractivity contribution in [3.8, 4) is 0 Å². The van der Waals surface area contributed by atoms with Gasteiger partial charge in [-0.05, 0) is 37.0 Å². The van der Waals surface area contributed by atoms with Gasteiger partial charge in [-0.15, -0.1) is 0 Å². The predicted octanol–water partition coefficient (Wildman–Crippen LogP) is 1.25. The molecule has 0 unspecified atom stereocenters. The van der Waals surface area contributed by atoms with Crippen molar-refractivity contribution in [1.29, 1.82) is 0 Å². The first-order valence-electron chi connectivity index (χ1n) is 7.94. The van der Waals surface area contributed by atoms with Gasteiger partial charge in [-0.1, -0.05) is 24.3 Å². The number of pyridine rings is 1. The molecule has 1 aromatic heterocycles. The van der Waals surface area contributed by atoms with Crippen molar-refractivity contribution in [2.45, 2.75) is 25.7 Å². The maximum absolute atomic E-state index is 12.4. The molecule has 0 saturated heterocycles. The zero-order chi connectivity index (χ0) is 16.9. The van der Waals surface area contributed by atoms with Crippen LogP contribution in [0.1, 0.15) is 47.2 Å². The lowest BCUT2D eigenvalue weighted by atomic mass is 9.94. The second-order valence-electron chi connectivity index (χ2n) is 5.68. The molecule has 0 fully saturated rings. The van der Waals surface area contributed by atoms with Crippen LogP contribution in [0.25, 0.3) is 5.57 Å². The zero-order valence-electron chi connectivity index (χ0n) is 14.7. The van der Waals surface area contributed by atoms with Gasteiger partial charge in [-0.25, -0.2) is 0 Å². The van der Waals surface area contributed by atoms with E-state index in [4.69, 9.17) is 5.11 Å². The van der Waals surface area contributed by atoms with Gasteiger partial charge in [-0.2, -0.15) is 0 Å². The van der Waals surface area contributed by atoms with E-state index in [2.05, 4.69) is 16.4 Å². The number of hydrogen-bond acceptors (Lipinski definition) is 3. The van der Waals surface area contributed by atoms with E-state index in [1.807, 2.05) is 24.3 Å². The standard InChI is InChI=1S/C19H18N2O3.3H2O/c22-18(23)9-3-1-2-6-13-14-7-4-5-8-17(14)21-19(24)15-10-11-20-12-16(13)15;;;/h4-8,10-12H,1-3,9H2,(H,21,24)(H,22,23);3*1H2/b13-6-;;;. The van der Waals surface area contributed by atoms with Crippen LogP contribution >= 0.6 is 0 Å². The Bertz CT molecular complexity index is 819. The topological polar surface area (TPSA) is 174 Å². The van der Waals surface area contributed by atoms with Crippen LogP contribution in [0.15, 0.2) is 48.8 Å². The van der Waals surface area contributed by atoms with Gasteiger partial charge in [0.25, 0.3) is 5.91 Å². The Hall–Kier alpha value is -3.07. The number of fused-ring (bicyclic) bond motifs is 2. The van der Waals surface area contributed by atoms with Crippen LogP contribution in [-0.2, 0) is 4.79 Å². The van der Waals surface area contributed by atoms with E-state index in [9.17, 15) is 9.59 Å². The minimum Gasteiger partial charge on any atom is -0.481 e. The van der Waals surface area contributed by atoms with Gasteiger partial charge in [0.1, 0.15) is 0 Å². The van der Waals surface area contributed by atoms with Crippen molar-refractivity contribution in [1.82, 2.24) is 4.98 Å². The highest BCUT2D eigenvalue weighted by atomic mass is 16.4. The molecular formula is C19H24N2O6. The Morgan fingerprint density at radius 1 is 1.04 bits per heavy atom. The van der Waals surface area contributed by atoms with Gasteiger partial charge in [0.15, 0.2) is 0 Å². The predicted molar refractivity (Wildman–Crippen MR) is 103 cm³/mol. The number of amides is 1. The summed E-state index contributed by atoms with van der Waals surface area (Å²) in [6.07, 6.45) is 7.74. The molecule has 0 saturated carbocycles. The minimum absolute atomic E-state index is 0. The van der Waals surface area contributed by atoms with E-state index < -0.39 is 5.97 Å². The van der Waals surface area contributed by atoms with Gasteiger partial charge in [0.05, 0.1) is 5.56 Å². The Balaban J connectivity index is 0.00000225. The largest absolute Gasteiger partial charge is 0.481 e. The number of carboxylic acid groups (broad SMARTS) is 1. The van der Waals surface area contributed by atoms with Gasteiger partial charge in [-0.3, -0.25) is 14.6 Å². The fourth-order valence-electron chi connectivity index (χ4n) is 2.86. The monoisotopic (exact) mass is 376 g/mol. The summed E-state index contributed by atoms with van der Waals surface area (Å²) in [4.78, 5) is 27.2. The lowest BCUT2D eigenvalue weighted by molar-refractivity contribution is -0.137. The molecule has 8 N–H and O–H groups in total. The summed E-state index contributed by atoms with van der Waals surface area (Å²) in [5.41, 5.74) is 4.09. The molecule has 0 aliphatic carbocycles. The number of rotatable bonds is 5. The van der Waals surface area contributed by atoms with E-state index in [1.165, 1.54) is 0 Å². The van der Waals surface area contributed by atoms with Gasteiger partial charge in [0.2, 0.25) is 0 Å². The van der Waals surface area contributed by atoms with Gasteiger partial charge in [0, 0.05) is 35.6 Å². The summed E-state index contributed by atoms with van der Waals surface area (Å²) in [5, 5.41) is 11.7. The van der Waals surface area contributed by atoms with E-state index in [1.54, 1.807) is 18.5 Å². The first-order valence-corrected chi connectivity index (χ1v) is 7.94. The van der Waals surface area contributed by atoms with E-state index in [0.717, 1.165) is 35.2 Å². The van der Waals surface area contributed by atoms with E-state index in [-0.39, 0.29) is 28.8 Å². The van der Waals surface area contributed by atoms with E-state index in [0.29, 0.717) is 12.0 Å². The molecular weight excluding hydrogens is 352 g/mol. The molecule has 0 spiro atoms. The van der Waals surface area contributed by atoms with Crippen molar-refractivity contribution >= 4 is 23.1 Å². The van der Waals surface area contributed by atoms with Crippen LogP contribution in [0, 0.1) is 0 Å². The summed E-state index contributed by atoms with van der Waals surface area (Å²) < 4.78 is 0. The fraction of sp³-hybridized carbons (Fsp3) is 0.211. The average molecular weight is 376 g/mol. The Morgan fingerprint density at radius 2 is 1.78 bits per heavy atom. The van der Waals surface area contributed by atoms with Gasteiger partial charge < -0.3 is 26.9 Å². The maximum atomic E-state index is 12.4. The molecule has 8 heteroatoms. The number of unbranched alkanes of at least 4 members (excludes halogenated alkanes) is 2. The molecule has 0 bridgehead atoms. The first-order chi connectivity index (χ1) is 11.7. The second-order valence-corrected chi connectivity index (χ2v) is 5.68. The summed E-state index contributed by atoms with van der Waals surface area (Å²) >= 11 is 0. The number of anilines is 1. The molecule has 2 aromatic rings. The highest BCUT2D eigenvalue weighted by Crippen LogP contribution is 2.34. The number of aliphatic carboxylic acids is 1. The molecule has 1 aliphatic heterocycles. The number of nitrogens with zero attached hydrogens (tertiary/aromatic N) is 1. The number of carbonyl (C=O) groups excluding carboxylic acids is 1. The molecule has 0 atom stereocenters. The number of benzene rings is 1. The molecule has 1 aromatic carbocycles. The molecule has 146 valence electrons. The Kier molecular flexibility index (Phi) is 9.59. The number of carboxylic acids is 1. The summed E-state index contributed by atoms with van der Waals surface area (Å²) in [7, 11) is 0. The van der Waals surface area contributed by atoms with E-state index >= 15 is 0 Å². The number of carbonyl (C=O) groups is 2. The van der Waals surface area contributed by atoms with Crippen LogP contribution in [0.2, 0.25) is 0 Å². The third-order valence-electron chi connectivity index (χ3n) is 4.01. The second kappa shape index (κ2) is 10.8. The molecule has 1 amide bonds. The van der Waals surface area contributed by atoms with Crippen LogP contribution in [0.5, 0.6) is 0 Å². The Morgan fingerprint density at radius 3 is 2.52 bits per heavy atom. The van der Waals surface area contributed by atoms with Crippen LogP contribution in [0.3, 0.4) is 0 Å². The van der Waals surface area contributed by atoms with Crippen molar-refractivity contribution < 1.29 is 31.1 Å². The Labute approximate surface area is 156 Å². The quantitative estimate of drug-likeness (QED) is 0.747. The third-order valence-corrected chi connectivity index (χ3v) is 4.01. The number of nitrogens with one attached hydrogen (secondary N) is 1. The molecule has 0 radical (unpaired) electrons. The maximum Gasteiger partial charge on any atom is 0.303 e. The number of allylic oxidation sites excluding steroid dienone is 1. The number of para-hydroxylation sites is 1. The summed E-state index contributed by atoms with van der Waals surface area (Å²) in [6.45, 7) is 0. The number of hydrogen-bond donors (Lipinski definition) is 2. The molecule has 8 nitrogen and oxygen atoms in total. The third kappa shape index (κ3) is 5.45. The highest BCUT2D eigenvalue weighted by Gasteiger charge is 2.22. The first kappa shape index (κ1) is 23.9. The lowest BCUT2D eigenvalue weighted by Crippen LogP contribution is -2.11. The molecule has 2 heterocycles. The normalized spacial score (nSPS) is 12.9. The zero-order valence-corrected chi connectivity index (χ0v) is 14.7. The summed E-state index contributed by atoms with van der Waals surface area (Å²) in [5.74, 6) is -0.916. The molecule has 1 aliphatic rings. The molecule has 27 heavy (non-hydrogen) atoms. The highest BCUT2D eigenvalue weighted by molar-refractivity contribution is 6.12. The average Bonchev–Trinajstić information content (AvgIpc) is 2.70. The fourth-order valence-corrected chi connectivity index (χ4v) is 2.86. The van der Waals surface area contributed by atoms with Crippen molar-refractivity contribution in [3.63, 3.8) is 0 Å². The van der Waals surface area contributed by atoms with Crippen LogP contribution in [0.4, 0.5) is 5.69 Å². The van der Waals surface area contributed by atoms with Crippen molar-refractivity contribution in [3.05, 3.63) is 65.5 Å². The molecule has 3 rings (SSSR count). The summed E-state index contributed by atoms with van der Waals surface area (Å²) in [6, 6.07) is 9.39.